The van der Waals surface area contributed by atoms with E-state index < -0.39 is 0 Å². The molecule has 0 aliphatic heterocycles. The first kappa shape index (κ1) is 20.4. The molecule has 1 heterocycles. The van der Waals surface area contributed by atoms with E-state index in [1.165, 1.54) is 22.3 Å². The van der Waals surface area contributed by atoms with Crippen LogP contribution in [0.3, 0.4) is 0 Å². The van der Waals surface area contributed by atoms with E-state index in [1.807, 2.05) is 6.92 Å². The predicted molar refractivity (Wildman–Crippen MR) is 121 cm³/mol. The first-order chi connectivity index (χ1) is 13.4. The van der Waals surface area contributed by atoms with Gasteiger partial charge in [0.2, 0.25) is 0 Å². The van der Waals surface area contributed by atoms with Crippen LogP contribution in [0, 0.1) is 27.7 Å². The van der Waals surface area contributed by atoms with Crippen molar-refractivity contribution < 1.29 is 0 Å². The van der Waals surface area contributed by atoms with Gasteiger partial charge in [-0.2, -0.15) is 0 Å². The molecule has 2 aromatic carbocycles. The number of rotatable bonds is 6. The lowest BCUT2D eigenvalue weighted by atomic mass is 9.90. The zero-order valence-electron chi connectivity index (χ0n) is 18.2. The highest BCUT2D eigenvalue weighted by atomic mass is 16.1. The average Bonchev–Trinajstić information content (AvgIpc) is 2.63. The van der Waals surface area contributed by atoms with Gasteiger partial charge < -0.3 is 4.57 Å². The topological polar surface area (TPSA) is 22.0 Å². The van der Waals surface area contributed by atoms with Gasteiger partial charge in [0.1, 0.15) is 0 Å². The van der Waals surface area contributed by atoms with E-state index in [-0.39, 0.29) is 5.43 Å². The van der Waals surface area contributed by atoms with Gasteiger partial charge in [-0.15, -0.1) is 0 Å². The van der Waals surface area contributed by atoms with Crippen molar-refractivity contribution in [3.63, 3.8) is 0 Å². The SMILES string of the molecule is CCCC(CCC)n1cc(C)c(=O)c2c(-c3c(C)cc(C)cc3C)cccc21. The third-order valence-electron chi connectivity index (χ3n) is 5.82. The Morgan fingerprint density at radius 1 is 0.893 bits per heavy atom. The fourth-order valence-electron chi connectivity index (χ4n) is 4.73. The highest BCUT2D eigenvalue weighted by Gasteiger charge is 2.18. The predicted octanol–water partition coefficient (Wildman–Crippen LogP) is 7.04. The summed E-state index contributed by atoms with van der Waals surface area (Å²) in [6, 6.07) is 11.2. The Hall–Kier alpha value is -2.35. The van der Waals surface area contributed by atoms with Crippen LogP contribution in [0.15, 0.2) is 41.3 Å². The number of hydrogen-bond donors (Lipinski definition) is 0. The summed E-state index contributed by atoms with van der Waals surface area (Å²) >= 11 is 0. The van der Waals surface area contributed by atoms with Crippen molar-refractivity contribution in [3.8, 4) is 11.1 Å². The van der Waals surface area contributed by atoms with Crippen molar-refractivity contribution >= 4 is 10.9 Å². The molecule has 0 saturated heterocycles. The van der Waals surface area contributed by atoms with E-state index in [0.29, 0.717) is 6.04 Å². The minimum atomic E-state index is 0.160. The number of nitrogens with zero attached hydrogens (tertiary/aromatic N) is 1. The Morgan fingerprint density at radius 3 is 2.07 bits per heavy atom. The van der Waals surface area contributed by atoms with Crippen LogP contribution >= 0.6 is 0 Å². The van der Waals surface area contributed by atoms with Crippen LogP contribution in [0.5, 0.6) is 0 Å². The molecule has 0 N–H and O–H groups in total. The van der Waals surface area contributed by atoms with Crippen LogP contribution in [0.25, 0.3) is 22.0 Å². The van der Waals surface area contributed by atoms with Crippen LogP contribution in [0.2, 0.25) is 0 Å². The second-order valence-corrected chi connectivity index (χ2v) is 8.25. The van der Waals surface area contributed by atoms with Gasteiger partial charge in [-0.05, 0) is 68.9 Å². The molecule has 148 valence electrons. The molecule has 28 heavy (non-hydrogen) atoms. The third kappa shape index (κ3) is 3.65. The maximum Gasteiger partial charge on any atom is 0.192 e. The summed E-state index contributed by atoms with van der Waals surface area (Å²) in [7, 11) is 0. The van der Waals surface area contributed by atoms with E-state index in [4.69, 9.17) is 0 Å². The third-order valence-corrected chi connectivity index (χ3v) is 5.82. The second-order valence-electron chi connectivity index (χ2n) is 8.25. The highest BCUT2D eigenvalue weighted by molar-refractivity contribution is 5.96. The molecule has 0 atom stereocenters. The van der Waals surface area contributed by atoms with Gasteiger partial charge in [-0.3, -0.25) is 4.79 Å². The second kappa shape index (κ2) is 8.34. The summed E-state index contributed by atoms with van der Waals surface area (Å²) < 4.78 is 2.38. The Morgan fingerprint density at radius 2 is 1.50 bits per heavy atom. The standard InChI is InChI=1S/C26H33NO/c1-7-10-21(11-8-2)27-16-20(6)26(28)25-22(12-9-13-23(25)27)24-18(4)14-17(3)15-19(24)5/h9,12-16,21H,7-8,10-11H2,1-6H3. The Labute approximate surface area is 169 Å². The first-order valence-electron chi connectivity index (χ1n) is 10.6. The number of aryl methyl sites for hydroxylation is 4. The molecule has 2 nitrogen and oxygen atoms in total. The van der Waals surface area contributed by atoms with Crippen LogP contribution in [0.1, 0.15) is 67.8 Å². The summed E-state index contributed by atoms with van der Waals surface area (Å²) in [6.07, 6.45) is 6.65. The van der Waals surface area contributed by atoms with Gasteiger partial charge in [-0.25, -0.2) is 0 Å². The monoisotopic (exact) mass is 375 g/mol. The lowest BCUT2D eigenvalue weighted by Gasteiger charge is -2.24. The lowest BCUT2D eigenvalue weighted by molar-refractivity contribution is 0.435. The fourth-order valence-corrected chi connectivity index (χ4v) is 4.73. The zero-order valence-corrected chi connectivity index (χ0v) is 18.2. The van der Waals surface area contributed by atoms with E-state index in [2.05, 4.69) is 75.7 Å². The molecule has 0 saturated carbocycles. The van der Waals surface area contributed by atoms with Crippen LogP contribution < -0.4 is 5.43 Å². The minimum Gasteiger partial charge on any atom is -0.344 e. The van der Waals surface area contributed by atoms with Gasteiger partial charge in [-0.1, -0.05) is 56.5 Å². The lowest BCUT2D eigenvalue weighted by Crippen LogP contribution is -2.17. The molecule has 0 unspecified atom stereocenters. The quantitative estimate of drug-likeness (QED) is 0.453. The Bertz CT molecular complexity index is 1030. The van der Waals surface area contributed by atoms with E-state index >= 15 is 0 Å². The molecule has 0 radical (unpaired) electrons. The van der Waals surface area contributed by atoms with Crippen molar-refractivity contribution in [2.75, 3.05) is 0 Å². The van der Waals surface area contributed by atoms with Gasteiger partial charge in [0, 0.05) is 17.8 Å². The molecule has 0 fully saturated rings. The summed E-state index contributed by atoms with van der Waals surface area (Å²) in [6.45, 7) is 12.9. The number of pyridine rings is 1. The summed E-state index contributed by atoms with van der Waals surface area (Å²) in [4.78, 5) is 13.3. The molecular weight excluding hydrogens is 342 g/mol. The van der Waals surface area contributed by atoms with Crippen LogP contribution in [0.4, 0.5) is 0 Å². The fraction of sp³-hybridized carbons (Fsp3) is 0.423. The van der Waals surface area contributed by atoms with Crippen molar-refractivity contribution in [3.05, 3.63) is 69.0 Å². The van der Waals surface area contributed by atoms with Crippen molar-refractivity contribution in [2.24, 2.45) is 0 Å². The van der Waals surface area contributed by atoms with Gasteiger partial charge >= 0.3 is 0 Å². The average molecular weight is 376 g/mol. The normalized spacial score (nSPS) is 11.5. The summed E-state index contributed by atoms with van der Waals surface area (Å²) in [5.74, 6) is 0. The van der Waals surface area contributed by atoms with Gasteiger partial charge in [0.25, 0.3) is 0 Å². The van der Waals surface area contributed by atoms with E-state index in [0.717, 1.165) is 47.7 Å². The van der Waals surface area contributed by atoms with Crippen molar-refractivity contribution in [2.45, 2.75) is 73.3 Å². The molecule has 0 aliphatic carbocycles. The van der Waals surface area contributed by atoms with Gasteiger partial charge in [0.05, 0.1) is 10.9 Å². The summed E-state index contributed by atoms with van der Waals surface area (Å²) in [5, 5.41) is 0.870. The zero-order chi connectivity index (χ0) is 20.4. The van der Waals surface area contributed by atoms with Crippen LogP contribution in [-0.4, -0.2) is 4.57 Å². The summed E-state index contributed by atoms with van der Waals surface area (Å²) in [5.41, 5.74) is 8.06. The van der Waals surface area contributed by atoms with Crippen molar-refractivity contribution in [1.82, 2.24) is 4.57 Å². The molecule has 0 bridgehead atoms. The van der Waals surface area contributed by atoms with Crippen molar-refractivity contribution in [1.29, 1.82) is 0 Å². The maximum atomic E-state index is 13.3. The minimum absolute atomic E-state index is 0.160. The highest BCUT2D eigenvalue weighted by Crippen LogP contribution is 2.34. The number of fused-ring (bicyclic) bond motifs is 1. The van der Waals surface area contributed by atoms with E-state index in [1.54, 1.807) is 0 Å². The van der Waals surface area contributed by atoms with Crippen LogP contribution in [-0.2, 0) is 0 Å². The smallest absolute Gasteiger partial charge is 0.192 e. The number of aromatic nitrogens is 1. The Balaban J connectivity index is 2.38. The molecule has 0 aliphatic rings. The molecule has 3 aromatic rings. The van der Waals surface area contributed by atoms with Gasteiger partial charge in [0.15, 0.2) is 5.43 Å². The molecule has 1 aromatic heterocycles. The molecule has 0 amide bonds. The van der Waals surface area contributed by atoms with E-state index in [9.17, 15) is 4.79 Å². The molecule has 3 rings (SSSR count). The maximum absolute atomic E-state index is 13.3. The molecular formula is C26H33NO. The largest absolute Gasteiger partial charge is 0.344 e. The number of benzene rings is 2. The molecule has 0 spiro atoms. The first-order valence-corrected chi connectivity index (χ1v) is 10.6. The Kier molecular flexibility index (Phi) is 6.07. The number of hydrogen-bond acceptors (Lipinski definition) is 1. The molecule has 2 heteroatoms.